The molecule has 2 aliphatic rings. The molecule has 2 aromatic rings. The van der Waals surface area contributed by atoms with Gasteiger partial charge in [0.15, 0.2) is 0 Å². The Morgan fingerprint density at radius 2 is 1.79 bits per heavy atom. The van der Waals surface area contributed by atoms with Crippen LogP contribution in [0.1, 0.15) is 46.7 Å². The van der Waals surface area contributed by atoms with Gasteiger partial charge in [0.25, 0.3) is 11.8 Å². The number of hydrogen-bond acceptors (Lipinski definition) is 5. The van der Waals surface area contributed by atoms with Crippen LogP contribution in [0.15, 0.2) is 30.4 Å². The number of H-pyrrole nitrogens is 1. The van der Waals surface area contributed by atoms with Gasteiger partial charge in [-0.15, -0.1) is 0 Å². The lowest BCUT2D eigenvalue weighted by molar-refractivity contribution is -0.134. The Labute approximate surface area is 219 Å². The van der Waals surface area contributed by atoms with Gasteiger partial charge in [-0.1, -0.05) is 13.8 Å². The van der Waals surface area contributed by atoms with Crippen LogP contribution in [0.2, 0.25) is 0 Å². The maximum atomic E-state index is 13.7. The highest BCUT2D eigenvalue weighted by Crippen LogP contribution is 2.35. The van der Waals surface area contributed by atoms with Gasteiger partial charge >= 0.3 is 11.9 Å². The van der Waals surface area contributed by atoms with E-state index in [1.807, 2.05) is 11.8 Å². The molecule has 0 saturated carbocycles. The number of aromatic amines is 1. The van der Waals surface area contributed by atoms with E-state index in [1.54, 1.807) is 12.1 Å². The van der Waals surface area contributed by atoms with Gasteiger partial charge < -0.3 is 30.3 Å². The number of rotatable bonds is 8. The molecule has 0 fully saturated rings. The first kappa shape index (κ1) is 28.3. The maximum absolute atomic E-state index is 13.7. The number of carboxylic acids is 2. The quantitative estimate of drug-likeness (QED) is 0.387. The molecule has 0 aliphatic carbocycles. The summed E-state index contributed by atoms with van der Waals surface area (Å²) in [4.78, 5) is 52.2. The minimum absolute atomic E-state index is 0.0316. The molecule has 202 valence electrons. The number of aromatic nitrogens is 1. The van der Waals surface area contributed by atoms with Crippen molar-refractivity contribution in [2.75, 3.05) is 38.0 Å². The molecule has 0 unspecified atom stereocenters. The molecule has 1 aromatic heterocycles. The Balaban J connectivity index is 0.000000436. The maximum Gasteiger partial charge on any atom is 0.328 e. The number of anilines is 1. The summed E-state index contributed by atoms with van der Waals surface area (Å²) >= 11 is 0. The molecule has 4 rings (SSSR count). The molecule has 0 atom stereocenters. The molecular formula is C27H31FN4O6. The van der Waals surface area contributed by atoms with Gasteiger partial charge in [0, 0.05) is 60.8 Å². The van der Waals surface area contributed by atoms with Crippen molar-refractivity contribution in [3.05, 3.63) is 64.2 Å². The third kappa shape index (κ3) is 6.54. The summed E-state index contributed by atoms with van der Waals surface area (Å²) in [6.45, 7) is 10.3. The molecule has 10 nitrogen and oxygen atoms in total. The van der Waals surface area contributed by atoms with Gasteiger partial charge in [-0.25, -0.2) is 14.0 Å². The van der Waals surface area contributed by atoms with Crippen molar-refractivity contribution in [2.45, 2.75) is 27.2 Å². The minimum atomic E-state index is -1.26. The molecule has 0 spiro atoms. The number of aliphatic carboxylic acids is 2. The Bertz CT molecular complexity index is 1290. The zero-order chi connectivity index (χ0) is 28.0. The zero-order valence-corrected chi connectivity index (χ0v) is 21.5. The summed E-state index contributed by atoms with van der Waals surface area (Å²) in [6, 6.07) is 4.25. The van der Waals surface area contributed by atoms with Crippen LogP contribution in [-0.2, 0) is 20.8 Å². The largest absolute Gasteiger partial charge is 0.478 e. The second-order valence-electron chi connectivity index (χ2n) is 8.80. The van der Waals surface area contributed by atoms with E-state index in [4.69, 9.17) is 10.2 Å². The van der Waals surface area contributed by atoms with E-state index < -0.39 is 17.8 Å². The van der Waals surface area contributed by atoms with Crippen molar-refractivity contribution in [3.63, 3.8) is 0 Å². The number of nitrogens with one attached hydrogen (secondary N) is 2. The van der Waals surface area contributed by atoms with Crippen LogP contribution in [0.3, 0.4) is 0 Å². The van der Waals surface area contributed by atoms with Crippen molar-refractivity contribution in [3.8, 4) is 0 Å². The molecule has 1 aromatic carbocycles. The second kappa shape index (κ2) is 12.3. The normalized spacial score (nSPS) is 15.4. The van der Waals surface area contributed by atoms with Crippen LogP contribution >= 0.6 is 0 Å². The third-order valence-electron chi connectivity index (χ3n) is 6.50. The topological polar surface area (TPSA) is 143 Å². The number of fused-ring (bicyclic) bond motifs is 2. The molecule has 4 N–H and O–H groups in total. The lowest BCUT2D eigenvalue weighted by Gasteiger charge is -2.29. The van der Waals surface area contributed by atoms with Crippen LogP contribution in [0.25, 0.3) is 11.6 Å². The van der Waals surface area contributed by atoms with E-state index in [9.17, 15) is 23.6 Å². The van der Waals surface area contributed by atoms with Gasteiger partial charge in [-0.3, -0.25) is 9.59 Å². The lowest BCUT2D eigenvalue weighted by atomic mass is 10.0. The summed E-state index contributed by atoms with van der Waals surface area (Å²) in [7, 11) is 0. The first-order chi connectivity index (χ1) is 18.0. The summed E-state index contributed by atoms with van der Waals surface area (Å²) in [5.41, 5.74) is 4.69. The number of benzene rings is 1. The molecule has 11 heteroatoms. The molecular weight excluding hydrogens is 495 g/mol. The number of carbonyl (C=O) groups excluding carboxylic acids is 2. The molecule has 0 bridgehead atoms. The second-order valence-corrected chi connectivity index (χ2v) is 8.80. The van der Waals surface area contributed by atoms with Crippen LogP contribution < -0.4 is 5.32 Å². The Hall–Kier alpha value is -4.25. The van der Waals surface area contributed by atoms with Crippen molar-refractivity contribution in [2.24, 2.45) is 0 Å². The highest BCUT2D eigenvalue weighted by atomic mass is 19.1. The Morgan fingerprint density at radius 3 is 2.39 bits per heavy atom. The van der Waals surface area contributed by atoms with E-state index in [0.29, 0.717) is 47.6 Å². The number of carboxylic acid groups (broad SMARTS) is 2. The highest BCUT2D eigenvalue weighted by molar-refractivity contribution is 6.34. The van der Waals surface area contributed by atoms with Crippen molar-refractivity contribution in [1.82, 2.24) is 14.8 Å². The van der Waals surface area contributed by atoms with E-state index in [2.05, 4.69) is 29.0 Å². The summed E-state index contributed by atoms with van der Waals surface area (Å²) in [5.74, 6) is -3.14. The number of halogens is 1. The summed E-state index contributed by atoms with van der Waals surface area (Å²) in [5, 5.41) is 18.4. The SMILES string of the molecule is CCN(CC)CCN1CCc2[nH]c(/C=C3\C(=O)Nc4ccc(F)cc43)c(C)c2C1=O.O=C(O)/C=C\C(=O)O. The van der Waals surface area contributed by atoms with E-state index in [0.717, 1.165) is 43.0 Å². The predicted molar refractivity (Wildman–Crippen MR) is 140 cm³/mol. The van der Waals surface area contributed by atoms with Crippen LogP contribution in [0.5, 0.6) is 0 Å². The van der Waals surface area contributed by atoms with Crippen molar-refractivity contribution < 1.29 is 33.8 Å². The highest BCUT2D eigenvalue weighted by Gasteiger charge is 2.30. The number of hydrogen-bond donors (Lipinski definition) is 4. The lowest BCUT2D eigenvalue weighted by Crippen LogP contribution is -2.42. The standard InChI is InChI=1S/C23H27FN4O2.C4H4O4/c1-4-27(5-2)10-11-28-9-8-19-21(23(28)30)14(3)20(25-19)13-17-16-12-15(24)6-7-18(16)26-22(17)29;5-3(6)1-2-4(7)8/h6-7,12-13,25H,4-5,8-11H2,1-3H3,(H,26,29);1-2H,(H,5,6)(H,7,8)/b17-13-;2-1-. The number of carbonyl (C=O) groups is 4. The average molecular weight is 527 g/mol. The van der Waals surface area contributed by atoms with Crippen molar-refractivity contribution >= 4 is 41.1 Å². The van der Waals surface area contributed by atoms with Gasteiger partial charge in [-0.05, 0) is 49.9 Å². The Morgan fingerprint density at radius 1 is 1.13 bits per heavy atom. The van der Waals surface area contributed by atoms with Crippen LogP contribution in [0.4, 0.5) is 10.1 Å². The van der Waals surface area contributed by atoms with Gasteiger partial charge in [0.05, 0.1) is 11.1 Å². The van der Waals surface area contributed by atoms with Crippen LogP contribution in [0, 0.1) is 12.7 Å². The number of amides is 2. The fraction of sp³-hybridized carbons (Fsp3) is 0.333. The zero-order valence-electron chi connectivity index (χ0n) is 21.5. The fourth-order valence-electron chi connectivity index (χ4n) is 4.41. The molecule has 3 heterocycles. The van der Waals surface area contributed by atoms with E-state index in [1.165, 1.54) is 12.1 Å². The number of likely N-dealkylation sites (N-methyl/N-ethyl adjacent to an activating group) is 1. The summed E-state index contributed by atoms with van der Waals surface area (Å²) in [6.07, 6.45) is 3.59. The monoisotopic (exact) mass is 526 g/mol. The van der Waals surface area contributed by atoms with E-state index in [-0.39, 0.29) is 11.8 Å². The molecule has 0 saturated heterocycles. The Kier molecular flexibility index (Phi) is 9.19. The van der Waals surface area contributed by atoms with Gasteiger partial charge in [-0.2, -0.15) is 0 Å². The molecule has 2 aliphatic heterocycles. The third-order valence-corrected chi connectivity index (χ3v) is 6.50. The first-order valence-electron chi connectivity index (χ1n) is 12.3. The molecule has 0 radical (unpaired) electrons. The van der Waals surface area contributed by atoms with Crippen molar-refractivity contribution in [1.29, 1.82) is 0 Å². The van der Waals surface area contributed by atoms with Gasteiger partial charge in [0.2, 0.25) is 0 Å². The summed E-state index contributed by atoms with van der Waals surface area (Å²) < 4.78 is 13.7. The fourth-order valence-corrected chi connectivity index (χ4v) is 4.41. The first-order valence-corrected chi connectivity index (χ1v) is 12.3. The van der Waals surface area contributed by atoms with Gasteiger partial charge in [0.1, 0.15) is 5.82 Å². The minimum Gasteiger partial charge on any atom is -0.478 e. The molecule has 2 amide bonds. The number of nitrogens with zero attached hydrogens (tertiary/aromatic N) is 2. The predicted octanol–water partition coefficient (Wildman–Crippen LogP) is 3.01. The van der Waals surface area contributed by atoms with E-state index >= 15 is 0 Å². The van der Waals surface area contributed by atoms with Crippen LogP contribution in [-0.4, -0.2) is 81.5 Å². The molecule has 38 heavy (non-hydrogen) atoms. The smallest absolute Gasteiger partial charge is 0.328 e. The average Bonchev–Trinajstić information content (AvgIpc) is 3.36.